The zero-order valence-electron chi connectivity index (χ0n) is 14.9. The van der Waals surface area contributed by atoms with Gasteiger partial charge in [-0.05, 0) is 32.3 Å². The molecule has 1 aromatic heterocycles. The SMILES string of the molecule is Cc1nnc(SCC(=O)N[C@H](C)c2ccccc2)n1C1CCCCC1. The van der Waals surface area contributed by atoms with Gasteiger partial charge in [-0.25, -0.2) is 0 Å². The smallest absolute Gasteiger partial charge is 0.230 e. The molecule has 1 aliphatic carbocycles. The average Bonchev–Trinajstić information content (AvgIpc) is 3.02. The van der Waals surface area contributed by atoms with Gasteiger partial charge in [0.15, 0.2) is 5.16 Å². The first-order valence-electron chi connectivity index (χ1n) is 9.03. The Balaban J connectivity index is 1.57. The summed E-state index contributed by atoms with van der Waals surface area (Å²) in [5.74, 6) is 1.34. The Kier molecular flexibility index (Phi) is 6.13. The summed E-state index contributed by atoms with van der Waals surface area (Å²) in [7, 11) is 0. The van der Waals surface area contributed by atoms with Gasteiger partial charge in [-0.15, -0.1) is 10.2 Å². The van der Waals surface area contributed by atoms with Crippen molar-refractivity contribution >= 4 is 17.7 Å². The summed E-state index contributed by atoms with van der Waals surface area (Å²) in [5, 5.41) is 12.5. The number of amides is 1. The number of hydrogen-bond donors (Lipinski definition) is 1. The van der Waals surface area contributed by atoms with Crippen LogP contribution in [-0.4, -0.2) is 26.4 Å². The van der Waals surface area contributed by atoms with Crippen molar-refractivity contribution in [3.05, 3.63) is 41.7 Å². The van der Waals surface area contributed by atoms with E-state index in [0.717, 1.165) is 16.5 Å². The lowest BCUT2D eigenvalue weighted by molar-refractivity contribution is -0.119. The van der Waals surface area contributed by atoms with Crippen LogP contribution in [0.5, 0.6) is 0 Å². The highest BCUT2D eigenvalue weighted by molar-refractivity contribution is 7.99. The van der Waals surface area contributed by atoms with E-state index in [4.69, 9.17) is 0 Å². The van der Waals surface area contributed by atoms with Gasteiger partial charge >= 0.3 is 0 Å². The lowest BCUT2D eigenvalue weighted by atomic mass is 9.95. The molecule has 0 spiro atoms. The first-order valence-corrected chi connectivity index (χ1v) is 10.0. The molecule has 6 heteroatoms. The first-order chi connectivity index (χ1) is 12.1. The van der Waals surface area contributed by atoms with Crippen LogP contribution >= 0.6 is 11.8 Å². The molecule has 1 aliphatic rings. The third-order valence-corrected chi connectivity index (χ3v) is 5.73. The van der Waals surface area contributed by atoms with E-state index in [0.29, 0.717) is 11.8 Å². The topological polar surface area (TPSA) is 59.8 Å². The van der Waals surface area contributed by atoms with Crippen LogP contribution in [0.25, 0.3) is 0 Å². The summed E-state index contributed by atoms with van der Waals surface area (Å²) >= 11 is 1.48. The second-order valence-corrected chi connectivity index (χ2v) is 7.62. The number of benzene rings is 1. The second-order valence-electron chi connectivity index (χ2n) is 6.68. The molecule has 2 aromatic rings. The van der Waals surface area contributed by atoms with E-state index in [9.17, 15) is 4.79 Å². The monoisotopic (exact) mass is 358 g/mol. The maximum atomic E-state index is 12.3. The molecule has 0 radical (unpaired) electrons. The van der Waals surface area contributed by atoms with Crippen LogP contribution < -0.4 is 5.32 Å². The molecule has 1 heterocycles. The first kappa shape index (κ1) is 18.0. The van der Waals surface area contributed by atoms with Crippen LogP contribution in [0, 0.1) is 6.92 Å². The fraction of sp³-hybridized carbons (Fsp3) is 0.526. The fourth-order valence-electron chi connectivity index (χ4n) is 3.45. The normalized spacial score (nSPS) is 16.6. The number of hydrogen-bond acceptors (Lipinski definition) is 4. The number of carbonyl (C=O) groups is 1. The molecule has 1 fully saturated rings. The molecule has 1 aromatic carbocycles. The van der Waals surface area contributed by atoms with Crippen molar-refractivity contribution in [3.63, 3.8) is 0 Å². The number of rotatable bonds is 6. The van der Waals surface area contributed by atoms with Gasteiger partial charge in [0.05, 0.1) is 11.8 Å². The molecule has 3 rings (SSSR count). The minimum atomic E-state index is 0.00671. The molecule has 1 amide bonds. The maximum absolute atomic E-state index is 12.3. The van der Waals surface area contributed by atoms with Gasteiger partial charge in [0.2, 0.25) is 5.91 Å². The Morgan fingerprint density at radius 2 is 1.96 bits per heavy atom. The van der Waals surface area contributed by atoms with Gasteiger partial charge < -0.3 is 9.88 Å². The van der Waals surface area contributed by atoms with Gasteiger partial charge in [-0.2, -0.15) is 0 Å². The quantitative estimate of drug-likeness (QED) is 0.791. The number of aryl methyl sites for hydroxylation is 1. The van der Waals surface area contributed by atoms with E-state index < -0.39 is 0 Å². The lowest BCUT2D eigenvalue weighted by Crippen LogP contribution is -2.28. The number of nitrogens with one attached hydrogen (secondary N) is 1. The molecule has 0 bridgehead atoms. The Morgan fingerprint density at radius 1 is 1.24 bits per heavy atom. The minimum absolute atomic E-state index is 0.00671. The van der Waals surface area contributed by atoms with Crippen molar-refractivity contribution in [2.24, 2.45) is 0 Å². The third-order valence-electron chi connectivity index (χ3n) is 4.78. The zero-order valence-corrected chi connectivity index (χ0v) is 15.8. The van der Waals surface area contributed by atoms with Crippen LogP contribution in [0.1, 0.15) is 62.5 Å². The van der Waals surface area contributed by atoms with E-state index in [-0.39, 0.29) is 11.9 Å². The number of aromatic nitrogens is 3. The summed E-state index contributed by atoms with van der Waals surface area (Å²) in [6, 6.07) is 10.5. The van der Waals surface area contributed by atoms with Crippen LogP contribution in [0.4, 0.5) is 0 Å². The molecule has 25 heavy (non-hydrogen) atoms. The van der Waals surface area contributed by atoms with Crippen LogP contribution in [-0.2, 0) is 4.79 Å². The molecule has 1 N–H and O–H groups in total. The summed E-state index contributed by atoms with van der Waals surface area (Å²) in [4.78, 5) is 12.3. The van der Waals surface area contributed by atoms with Gasteiger partial charge in [0.1, 0.15) is 5.82 Å². The highest BCUT2D eigenvalue weighted by atomic mass is 32.2. The molecular formula is C19H26N4OS. The molecular weight excluding hydrogens is 332 g/mol. The molecule has 0 aliphatic heterocycles. The third kappa shape index (κ3) is 4.63. The summed E-state index contributed by atoms with van der Waals surface area (Å²) < 4.78 is 2.23. The molecule has 0 saturated heterocycles. The Bertz CT molecular complexity index is 695. The minimum Gasteiger partial charge on any atom is -0.349 e. The Hall–Kier alpha value is -1.82. The van der Waals surface area contributed by atoms with Crippen LogP contribution in [0.15, 0.2) is 35.5 Å². The van der Waals surface area contributed by atoms with E-state index in [1.54, 1.807) is 0 Å². The standard InChI is InChI=1S/C19H26N4OS/c1-14(16-9-5-3-6-10-16)20-18(24)13-25-19-22-21-15(2)23(19)17-11-7-4-8-12-17/h3,5-6,9-10,14,17H,4,7-8,11-13H2,1-2H3,(H,20,24)/t14-/m1/s1. The Morgan fingerprint density at radius 3 is 2.68 bits per heavy atom. The van der Waals surface area contributed by atoms with E-state index >= 15 is 0 Å². The summed E-state index contributed by atoms with van der Waals surface area (Å²) in [6.45, 7) is 4.01. The number of nitrogens with zero attached hydrogens (tertiary/aromatic N) is 3. The molecule has 1 saturated carbocycles. The fourth-order valence-corrected chi connectivity index (χ4v) is 4.31. The summed E-state index contributed by atoms with van der Waals surface area (Å²) in [6.07, 6.45) is 6.22. The second kappa shape index (κ2) is 8.52. The largest absolute Gasteiger partial charge is 0.349 e. The van der Waals surface area contributed by atoms with E-state index in [1.807, 2.05) is 44.2 Å². The van der Waals surface area contributed by atoms with Gasteiger partial charge in [-0.3, -0.25) is 4.79 Å². The molecule has 0 unspecified atom stereocenters. The Labute approximate surface area is 153 Å². The van der Waals surface area contributed by atoms with Gasteiger partial charge in [0.25, 0.3) is 0 Å². The average molecular weight is 359 g/mol. The van der Waals surface area contributed by atoms with Crippen molar-refractivity contribution in [1.29, 1.82) is 0 Å². The van der Waals surface area contributed by atoms with Crippen molar-refractivity contribution < 1.29 is 4.79 Å². The van der Waals surface area contributed by atoms with Gasteiger partial charge in [0, 0.05) is 6.04 Å². The number of carbonyl (C=O) groups excluding carboxylic acids is 1. The lowest BCUT2D eigenvalue weighted by Gasteiger charge is -2.25. The predicted molar refractivity (Wildman–Crippen MR) is 101 cm³/mol. The van der Waals surface area contributed by atoms with Crippen molar-refractivity contribution in [2.45, 2.75) is 63.2 Å². The van der Waals surface area contributed by atoms with Crippen molar-refractivity contribution in [3.8, 4) is 0 Å². The van der Waals surface area contributed by atoms with Crippen molar-refractivity contribution in [2.75, 3.05) is 5.75 Å². The summed E-state index contributed by atoms with van der Waals surface area (Å²) in [5.41, 5.74) is 1.11. The number of thioether (sulfide) groups is 1. The van der Waals surface area contributed by atoms with Crippen LogP contribution in [0.2, 0.25) is 0 Å². The van der Waals surface area contributed by atoms with Crippen LogP contribution in [0.3, 0.4) is 0 Å². The van der Waals surface area contributed by atoms with Gasteiger partial charge in [-0.1, -0.05) is 61.4 Å². The zero-order chi connectivity index (χ0) is 17.6. The maximum Gasteiger partial charge on any atom is 0.230 e. The molecule has 1 atom stereocenters. The van der Waals surface area contributed by atoms with E-state index in [1.165, 1.54) is 43.9 Å². The highest BCUT2D eigenvalue weighted by Crippen LogP contribution is 2.32. The van der Waals surface area contributed by atoms with E-state index in [2.05, 4.69) is 20.1 Å². The van der Waals surface area contributed by atoms with Crippen molar-refractivity contribution in [1.82, 2.24) is 20.1 Å². The molecule has 5 nitrogen and oxygen atoms in total. The molecule has 134 valence electrons. The highest BCUT2D eigenvalue weighted by Gasteiger charge is 2.22. The predicted octanol–water partition coefficient (Wildman–Crippen LogP) is 4.06.